The third-order valence-electron chi connectivity index (χ3n) is 2.65. The van der Waals surface area contributed by atoms with Crippen LogP contribution in [0.2, 0.25) is 0 Å². The summed E-state index contributed by atoms with van der Waals surface area (Å²) in [5, 5.41) is 5.21. The highest BCUT2D eigenvalue weighted by atomic mass is 35.5. The molecule has 0 radical (unpaired) electrons. The maximum Gasteiger partial charge on any atom is 0.0319 e. The van der Waals surface area contributed by atoms with Crippen LogP contribution in [0.3, 0.4) is 0 Å². The van der Waals surface area contributed by atoms with E-state index in [1.54, 1.807) is 0 Å². The molecule has 0 spiro atoms. The predicted octanol–water partition coefficient (Wildman–Crippen LogP) is 3.27. The SMILES string of the molecule is ClC1=C(SC2CCNCC2)C=CCC1. The summed E-state index contributed by atoms with van der Waals surface area (Å²) in [7, 11) is 0. The highest BCUT2D eigenvalue weighted by Gasteiger charge is 2.16. The van der Waals surface area contributed by atoms with E-state index in [9.17, 15) is 0 Å². The molecule has 0 aromatic heterocycles. The van der Waals surface area contributed by atoms with Gasteiger partial charge in [-0.15, -0.1) is 11.8 Å². The summed E-state index contributed by atoms with van der Waals surface area (Å²) in [5.74, 6) is 0. The molecule has 0 atom stereocenters. The number of piperidine rings is 1. The van der Waals surface area contributed by atoms with Crippen molar-refractivity contribution in [1.29, 1.82) is 0 Å². The smallest absolute Gasteiger partial charge is 0.0319 e. The van der Waals surface area contributed by atoms with E-state index in [2.05, 4.69) is 17.5 Å². The first-order valence-corrected chi connectivity index (χ1v) is 6.54. The fraction of sp³-hybridized carbons (Fsp3) is 0.636. The van der Waals surface area contributed by atoms with Crippen LogP contribution in [0.4, 0.5) is 0 Å². The van der Waals surface area contributed by atoms with Crippen LogP contribution in [-0.4, -0.2) is 18.3 Å². The molecule has 1 fully saturated rings. The Balaban J connectivity index is 1.92. The molecule has 1 saturated heterocycles. The summed E-state index contributed by atoms with van der Waals surface area (Å²) in [6.07, 6.45) is 9.10. The number of nitrogens with one attached hydrogen (secondary N) is 1. The van der Waals surface area contributed by atoms with Crippen LogP contribution in [0, 0.1) is 0 Å². The molecule has 1 heterocycles. The lowest BCUT2D eigenvalue weighted by atomic mass is 10.2. The van der Waals surface area contributed by atoms with Gasteiger partial charge in [0, 0.05) is 15.2 Å². The van der Waals surface area contributed by atoms with Crippen molar-refractivity contribution < 1.29 is 0 Å². The monoisotopic (exact) mass is 229 g/mol. The molecule has 3 heteroatoms. The minimum absolute atomic E-state index is 0.766. The summed E-state index contributed by atoms with van der Waals surface area (Å²) >= 11 is 8.16. The molecule has 0 aromatic carbocycles. The molecule has 1 N–H and O–H groups in total. The topological polar surface area (TPSA) is 12.0 Å². The van der Waals surface area contributed by atoms with Crippen molar-refractivity contribution in [3.8, 4) is 0 Å². The Hall–Kier alpha value is 0.0800. The molecule has 0 amide bonds. The average molecular weight is 230 g/mol. The van der Waals surface area contributed by atoms with Gasteiger partial charge in [-0.05, 0) is 38.8 Å². The van der Waals surface area contributed by atoms with E-state index in [4.69, 9.17) is 11.6 Å². The lowest BCUT2D eigenvalue weighted by Crippen LogP contribution is -2.29. The summed E-state index contributed by atoms with van der Waals surface area (Å²) in [6.45, 7) is 2.32. The molecular formula is C11H16ClNS. The van der Waals surface area contributed by atoms with Gasteiger partial charge in [0.1, 0.15) is 0 Å². The highest BCUT2D eigenvalue weighted by molar-refractivity contribution is 8.03. The van der Waals surface area contributed by atoms with Crippen molar-refractivity contribution in [3.05, 3.63) is 22.1 Å². The van der Waals surface area contributed by atoms with Gasteiger partial charge in [0.05, 0.1) is 0 Å². The van der Waals surface area contributed by atoms with Crippen LogP contribution in [-0.2, 0) is 0 Å². The lowest BCUT2D eigenvalue weighted by Gasteiger charge is -2.23. The van der Waals surface area contributed by atoms with Crippen LogP contribution < -0.4 is 5.32 Å². The Kier molecular flexibility index (Phi) is 3.97. The molecule has 78 valence electrons. The second-order valence-corrected chi connectivity index (χ2v) is 5.58. The van der Waals surface area contributed by atoms with Crippen molar-refractivity contribution in [2.24, 2.45) is 0 Å². The minimum atomic E-state index is 0.766. The van der Waals surface area contributed by atoms with Crippen LogP contribution in [0.5, 0.6) is 0 Å². The Morgan fingerprint density at radius 1 is 1.36 bits per heavy atom. The first-order valence-electron chi connectivity index (χ1n) is 5.29. The van der Waals surface area contributed by atoms with Crippen molar-refractivity contribution >= 4 is 23.4 Å². The van der Waals surface area contributed by atoms with E-state index in [1.807, 2.05) is 11.8 Å². The molecule has 2 rings (SSSR count). The van der Waals surface area contributed by atoms with Gasteiger partial charge in [0.2, 0.25) is 0 Å². The van der Waals surface area contributed by atoms with E-state index in [0.717, 1.165) is 36.2 Å². The number of allylic oxidation sites excluding steroid dienone is 3. The van der Waals surface area contributed by atoms with Gasteiger partial charge in [-0.3, -0.25) is 0 Å². The number of hydrogen-bond donors (Lipinski definition) is 1. The standard InChI is InChI=1S/C11H16ClNS/c12-10-3-1-2-4-11(10)14-9-5-7-13-8-6-9/h2,4,9,13H,1,3,5-8H2. The van der Waals surface area contributed by atoms with Crippen LogP contribution in [0.25, 0.3) is 0 Å². The summed E-state index contributed by atoms with van der Waals surface area (Å²) in [4.78, 5) is 1.31. The van der Waals surface area contributed by atoms with Gasteiger partial charge in [-0.1, -0.05) is 23.8 Å². The largest absolute Gasteiger partial charge is 0.317 e. The summed E-state index contributed by atoms with van der Waals surface area (Å²) < 4.78 is 0. The molecule has 0 bridgehead atoms. The quantitative estimate of drug-likeness (QED) is 0.780. The van der Waals surface area contributed by atoms with E-state index >= 15 is 0 Å². The normalized spacial score (nSPS) is 24.4. The number of hydrogen-bond acceptors (Lipinski definition) is 2. The number of thioether (sulfide) groups is 1. The summed E-state index contributed by atoms with van der Waals surface area (Å²) in [5.41, 5.74) is 0. The molecule has 1 aliphatic carbocycles. The number of halogens is 1. The Bertz CT molecular complexity index is 254. The molecular weight excluding hydrogens is 214 g/mol. The van der Waals surface area contributed by atoms with Crippen molar-refractivity contribution in [1.82, 2.24) is 5.32 Å². The molecule has 0 saturated carbocycles. The second kappa shape index (κ2) is 5.24. The minimum Gasteiger partial charge on any atom is -0.317 e. The van der Waals surface area contributed by atoms with Crippen molar-refractivity contribution in [3.63, 3.8) is 0 Å². The van der Waals surface area contributed by atoms with E-state index in [1.165, 1.54) is 17.7 Å². The zero-order chi connectivity index (χ0) is 9.80. The molecule has 1 aliphatic heterocycles. The van der Waals surface area contributed by atoms with Crippen LogP contribution in [0.1, 0.15) is 25.7 Å². The van der Waals surface area contributed by atoms with Crippen molar-refractivity contribution in [2.45, 2.75) is 30.9 Å². The average Bonchev–Trinajstić information content (AvgIpc) is 2.23. The zero-order valence-electron chi connectivity index (χ0n) is 8.26. The fourth-order valence-corrected chi connectivity index (χ4v) is 3.35. The van der Waals surface area contributed by atoms with Gasteiger partial charge in [0.15, 0.2) is 0 Å². The molecule has 0 unspecified atom stereocenters. The lowest BCUT2D eigenvalue weighted by molar-refractivity contribution is 0.532. The molecule has 1 nitrogen and oxygen atoms in total. The molecule has 14 heavy (non-hydrogen) atoms. The van der Waals surface area contributed by atoms with Gasteiger partial charge in [-0.2, -0.15) is 0 Å². The zero-order valence-corrected chi connectivity index (χ0v) is 9.83. The first-order chi connectivity index (χ1) is 6.86. The molecule has 2 aliphatic rings. The van der Waals surface area contributed by atoms with Gasteiger partial charge in [0.25, 0.3) is 0 Å². The van der Waals surface area contributed by atoms with E-state index < -0.39 is 0 Å². The van der Waals surface area contributed by atoms with E-state index in [-0.39, 0.29) is 0 Å². The Labute approximate surface area is 95.0 Å². The maximum atomic E-state index is 6.19. The van der Waals surface area contributed by atoms with Crippen LogP contribution >= 0.6 is 23.4 Å². The second-order valence-electron chi connectivity index (χ2n) is 3.78. The maximum absolute atomic E-state index is 6.19. The fourth-order valence-electron chi connectivity index (χ4n) is 1.81. The first kappa shape index (κ1) is 10.6. The Morgan fingerprint density at radius 2 is 2.14 bits per heavy atom. The van der Waals surface area contributed by atoms with E-state index in [0.29, 0.717) is 0 Å². The highest BCUT2D eigenvalue weighted by Crippen LogP contribution is 2.35. The van der Waals surface area contributed by atoms with Gasteiger partial charge in [-0.25, -0.2) is 0 Å². The predicted molar refractivity (Wildman–Crippen MR) is 64.7 cm³/mol. The van der Waals surface area contributed by atoms with Crippen LogP contribution in [0.15, 0.2) is 22.1 Å². The van der Waals surface area contributed by atoms with Gasteiger partial charge < -0.3 is 5.32 Å². The molecule has 0 aromatic rings. The van der Waals surface area contributed by atoms with Gasteiger partial charge >= 0.3 is 0 Å². The third-order valence-corrected chi connectivity index (χ3v) is 4.59. The number of rotatable bonds is 2. The third kappa shape index (κ3) is 2.78. The Morgan fingerprint density at radius 3 is 2.86 bits per heavy atom. The van der Waals surface area contributed by atoms with Crippen molar-refractivity contribution in [2.75, 3.05) is 13.1 Å². The summed E-state index contributed by atoms with van der Waals surface area (Å²) in [6, 6.07) is 0.